The van der Waals surface area contributed by atoms with E-state index in [1.165, 1.54) is 12.1 Å². The number of benzene rings is 1. The third-order valence-corrected chi connectivity index (χ3v) is 3.09. The molecule has 1 aliphatic heterocycles. The lowest BCUT2D eigenvalue weighted by molar-refractivity contribution is -0.138. The summed E-state index contributed by atoms with van der Waals surface area (Å²) in [7, 11) is 0. The lowest BCUT2D eigenvalue weighted by Crippen LogP contribution is -2.15. The number of aliphatic carboxylic acids is 1. The summed E-state index contributed by atoms with van der Waals surface area (Å²) in [5.41, 5.74) is 0.457. The van der Waals surface area contributed by atoms with Crippen LogP contribution in [0.25, 0.3) is 0 Å². The van der Waals surface area contributed by atoms with Gasteiger partial charge in [0, 0.05) is 10.0 Å². The topological polar surface area (TPSA) is 66.4 Å². The fraction of sp³-hybridized carbons (Fsp3) is 0.200. The number of hydrogen-bond acceptors (Lipinski definition) is 2. The molecule has 16 heavy (non-hydrogen) atoms. The van der Waals surface area contributed by atoms with E-state index in [9.17, 15) is 14.0 Å². The van der Waals surface area contributed by atoms with E-state index in [-0.39, 0.29) is 5.56 Å². The highest BCUT2D eigenvalue weighted by Crippen LogP contribution is 2.40. The Balaban J connectivity index is 2.51. The van der Waals surface area contributed by atoms with Crippen LogP contribution in [0, 0.1) is 5.82 Å². The fourth-order valence-electron chi connectivity index (χ4n) is 1.75. The maximum Gasteiger partial charge on any atom is 0.304 e. The Hall–Kier alpha value is -1.43. The molecular weight excluding hydrogens is 281 g/mol. The molecule has 1 heterocycles. The summed E-state index contributed by atoms with van der Waals surface area (Å²) in [5.74, 6) is -3.14. The summed E-state index contributed by atoms with van der Waals surface area (Å²) >= 11 is 3.17. The first kappa shape index (κ1) is 11.1. The van der Waals surface area contributed by atoms with Crippen molar-refractivity contribution in [3.05, 3.63) is 28.0 Å². The van der Waals surface area contributed by atoms with Crippen molar-refractivity contribution >= 4 is 33.5 Å². The minimum atomic E-state index is -1.13. The van der Waals surface area contributed by atoms with Gasteiger partial charge in [0.05, 0.1) is 18.0 Å². The Kier molecular flexibility index (Phi) is 2.67. The maximum atomic E-state index is 13.5. The van der Waals surface area contributed by atoms with E-state index in [2.05, 4.69) is 21.2 Å². The molecule has 2 N–H and O–H groups in total. The van der Waals surface area contributed by atoms with Crippen molar-refractivity contribution in [2.24, 2.45) is 0 Å². The van der Waals surface area contributed by atoms with Gasteiger partial charge in [-0.05, 0) is 28.1 Å². The van der Waals surface area contributed by atoms with Crippen LogP contribution < -0.4 is 5.32 Å². The Morgan fingerprint density at radius 2 is 2.25 bits per heavy atom. The number of carboxylic acid groups (broad SMARTS) is 1. The van der Waals surface area contributed by atoms with Crippen molar-refractivity contribution in [3.63, 3.8) is 0 Å². The number of nitrogens with one attached hydrogen (secondary N) is 1. The van der Waals surface area contributed by atoms with Gasteiger partial charge in [0.2, 0.25) is 5.91 Å². The maximum absolute atomic E-state index is 13.5. The third-order valence-electron chi connectivity index (χ3n) is 2.43. The van der Waals surface area contributed by atoms with Gasteiger partial charge in [-0.15, -0.1) is 0 Å². The Morgan fingerprint density at radius 1 is 1.56 bits per heavy atom. The van der Waals surface area contributed by atoms with E-state index in [0.717, 1.165) is 0 Å². The summed E-state index contributed by atoms with van der Waals surface area (Å²) in [6.07, 6.45) is -0.411. The summed E-state index contributed by atoms with van der Waals surface area (Å²) in [6, 6.07) is 2.68. The van der Waals surface area contributed by atoms with Crippen LogP contribution >= 0.6 is 15.9 Å². The first-order valence-corrected chi connectivity index (χ1v) is 5.30. The summed E-state index contributed by atoms with van der Waals surface area (Å²) < 4.78 is 14.1. The van der Waals surface area contributed by atoms with Crippen molar-refractivity contribution in [2.75, 3.05) is 5.32 Å². The average molecular weight is 288 g/mol. The molecule has 84 valence electrons. The molecule has 0 spiro atoms. The number of hydrogen-bond donors (Lipinski definition) is 2. The van der Waals surface area contributed by atoms with E-state index in [4.69, 9.17) is 5.11 Å². The van der Waals surface area contributed by atoms with Crippen LogP contribution in [-0.2, 0) is 9.59 Å². The molecule has 0 fully saturated rings. The van der Waals surface area contributed by atoms with Gasteiger partial charge < -0.3 is 10.4 Å². The lowest BCUT2D eigenvalue weighted by Gasteiger charge is -2.06. The number of halogens is 2. The molecule has 1 aromatic carbocycles. The van der Waals surface area contributed by atoms with Gasteiger partial charge in [-0.25, -0.2) is 4.39 Å². The molecule has 1 unspecified atom stereocenters. The average Bonchev–Trinajstić information content (AvgIpc) is 2.51. The van der Waals surface area contributed by atoms with Gasteiger partial charge in [0.25, 0.3) is 0 Å². The van der Waals surface area contributed by atoms with E-state index in [1.807, 2.05) is 0 Å². The fourth-order valence-corrected chi connectivity index (χ4v) is 2.19. The van der Waals surface area contributed by atoms with E-state index < -0.39 is 30.0 Å². The van der Waals surface area contributed by atoms with Crippen LogP contribution in [0.3, 0.4) is 0 Å². The van der Waals surface area contributed by atoms with E-state index in [0.29, 0.717) is 10.2 Å². The second kappa shape index (κ2) is 3.86. The first-order chi connectivity index (χ1) is 7.50. The minimum absolute atomic E-state index is 0.127. The molecule has 0 radical (unpaired) electrons. The van der Waals surface area contributed by atoms with Gasteiger partial charge in [0.1, 0.15) is 5.82 Å². The van der Waals surface area contributed by atoms with Crippen LogP contribution in [0.1, 0.15) is 17.9 Å². The van der Waals surface area contributed by atoms with Crippen LogP contribution in [0.5, 0.6) is 0 Å². The van der Waals surface area contributed by atoms with Gasteiger partial charge in [0.15, 0.2) is 0 Å². The van der Waals surface area contributed by atoms with Crippen molar-refractivity contribution in [1.82, 2.24) is 0 Å². The van der Waals surface area contributed by atoms with E-state index in [1.54, 1.807) is 0 Å². The highest BCUT2D eigenvalue weighted by atomic mass is 79.9. The number of amides is 1. The molecule has 0 saturated carbocycles. The second-order valence-corrected chi connectivity index (χ2v) is 4.31. The van der Waals surface area contributed by atoms with Crippen molar-refractivity contribution in [1.29, 1.82) is 0 Å². The standard InChI is InChI=1S/C10H7BrFNO3/c11-5-1-2-6(12)8-4(3-7(14)15)10(16)13-9(5)8/h1-2,4H,3H2,(H,13,16)(H,14,15). The molecule has 0 saturated heterocycles. The summed E-state index contributed by atoms with van der Waals surface area (Å²) in [4.78, 5) is 22.1. The number of fused-ring (bicyclic) bond motifs is 1. The van der Waals surface area contributed by atoms with Gasteiger partial charge in [-0.1, -0.05) is 0 Å². The van der Waals surface area contributed by atoms with Crippen molar-refractivity contribution < 1.29 is 19.1 Å². The second-order valence-electron chi connectivity index (χ2n) is 3.46. The van der Waals surface area contributed by atoms with Crippen molar-refractivity contribution in [2.45, 2.75) is 12.3 Å². The molecule has 1 atom stereocenters. The Bertz CT molecular complexity index is 489. The highest BCUT2D eigenvalue weighted by molar-refractivity contribution is 9.10. The number of carbonyl (C=O) groups excluding carboxylic acids is 1. The number of carbonyl (C=O) groups is 2. The number of anilines is 1. The molecular formula is C10H7BrFNO3. The van der Waals surface area contributed by atoms with Crippen LogP contribution in [-0.4, -0.2) is 17.0 Å². The molecule has 2 rings (SSSR count). The largest absolute Gasteiger partial charge is 0.481 e. The molecule has 0 aliphatic carbocycles. The lowest BCUT2D eigenvalue weighted by atomic mass is 9.97. The summed E-state index contributed by atoms with van der Waals surface area (Å²) in [6.45, 7) is 0. The molecule has 1 aromatic rings. The molecule has 4 nitrogen and oxygen atoms in total. The normalized spacial score (nSPS) is 18.1. The minimum Gasteiger partial charge on any atom is -0.481 e. The molecule has 1 aliphatic rings. The first-order valence-electron chi connectivity index (χ1n) is 4.51. The Labute approximate surface area is 98.6 Å². The molecule has 0 aromatic heterocycles. The van der Waals surface area contributed by atoms with Gasteiger partial charge >= 0.3 is 5.97 Å². The zero-order chi connectivity index (χ0) is 11.9. The predicted molar refractivity (Wildman–Crippen MR) is 57.7 cm³/mol. The third kappa shape index (κ3) is 1.69. The number of rotatable bonds is 2. The molecule has 1 amide bonds. The highest BCUT2D eigenvalue weighted by Gasteiger charge is 2.36. The zero-order valence-corrected chi connectivity index (χ0v) is 9.54. The summed E-state index contributed by atoms with van der Waals surface area (Å²) in [5, 5.41) is 11.1. The van der Waals surface area contributed by atoms with Crippen LogP contribution in [0.15, 0.2) is 16.6 Å². The van der Waals surface area contributed by atoms with E-state index >= 15 is 0 Å². The van der Waals surface area contributed by atoms with Crippen LogP contribution in [0.2, 0.25) is 0 Å². The molecule has 0 bridgehead atoms. The SMILES string of the molecule is O=C(O)CC1C(=O)Nc2c(Br)ccc(F)c21. The van der Waals surface area contributed by atoms with Gasteiger partial charge in [-0.3, -0.25) is 9.59 Å². The monoisotopic (exact) mass is 287 g/mol. The smallest absolute Gasteiger partial charge is 0.304 e. The molecule has 6 heteroatoms. The van der Waals surface area contributed by atoms with Crippen molar-refractivity contribution in [3.8, 4) is 0 Å². The predicted octanol–water partition coefficient (Wildman–Crippen LogP) is 2.10. The Morgan fingerprint density at radius 3 is 2.88 bits per heavy atom. The zero-order valence-electron chi connectivity index (χ0n) is 7.96. The number of carboxylic acids is 1. The van der Waals surface area contributed by atoms with Crippen LogP contribution in [0.4, 0.5) is 10.1 Å². The quantitative estimate of drug-likeness (QED) is 0.875. The van der Waals surface area contributed by atoms with Gasteiger partial charge in [-0.2, -0.15) is 0 Å².